The van der Waals surface area contributed by atoms with Crippen LogP contribution in [-0.2, 0) is 17.8 Å². The number of nitrogens with zero attached hydrogens (tertiary/aromatic N) is 2. The molecule has 134 valence electrons. The molecule has 1 N–H and O–H groups in total. The number of halogens is 2. The van der Waals surface area contributed by atoms with Gasteiger partial charge in [0.15, 0.2) is 0 Å². The Morgan fingerprint density at radius 3 is 2.73 bits per heavy atom. The number of nitrogens with one attached hydrogen (secondary N) is 1. The summed E-state index contributed by atoms with van der Waals surface area (Å²) in [5.74, 6) is 0.218. The summed E-state index contributed by atoms with van der Waals surface area (Å²) in [6, 6.07) is 11.5. The summed E-state index contributed by atoms with van der Waals surface area (Å²) in [5, 5.41) is 7.33. The van der Waals surface area contributed by atoms with Crippen LogP contribution in [0.5, 0.6) is 5.75 Å². The van der Waals surface area contributed by atoms with Gasteiger partial charge in [0, 0.05) is 11.2 Å². The maximum atomic E-state index is 13.1. The largest absolute Gasteiger partial charge is 0.497 e. The van der Waals surface area contributed by atoms with Gasteiger partial charge in [-0.3, -0.25) is 9.48 Å². The standard InChI is InChI=1S/C19H17ClFN3O2/c1-26-17-6-2-13(3-7-17)8-19(25)23-16-10-22-24(12-16)11-14-4-5-15(21)9-18(14)20/h2-7,9-10,12H,8,11H2,1H3,(H,23,25). The van der Waals surface area contributed by atoms with Crippen molar-refractivity contribution in [3.63, 3.8) is 0 Å². The van der Waals surface area contributed by atoms with E-state index in [9.17, 15) is 9.18 Å². The van der Waals surface area contributed by atoms with Gasteiger partial charge >= 0.3 is 0 Å². The normalized spacial score (nSPS) is 10.6. The molecule has 0 aliphatic carbocycles. The number of aromatic nitrogens is 2. The molecule has 1 heterocycles. The molecule has 0 saturated heterocycles. The second-order valence-electron chi connectivity index (χ2n) is 5.74. The van der Waals surface area contributed by atoms with Gasteiger partial charge in [-0.1, -0.05) is 29.8 Å². The monoisotopic (exact) mass is 373 g/mol. The van der Waals surface area contributed by atoms with Crippen LogP contribution < -0.4 is 10.1 Å². The fourth-order valence-electron chi connectivity index (χ4n) is 2.47. The molecule has 26 heavy (non-hydrogen) atoms. The highest BCUT2D eigenvalue weighted by molar-refractivity contribution is 6.31. The summed E-state index contributed by atoms with van der Waals surface area (Å²) < 4.78 is 19.8. The first-order chi connectivity index (χ1) is 12.5. The third-order valence-electron chi connectivity index (χ3n) is 3.79. The first-order valence-electron chi connectivity index (χ1n) is 7.92. The number of rotatable bonds is 6. The average molecular weight is 374 g/mol. The van der Waals surface area contributed by atoms with E-state index in [1.807, 2.05) is 24.3 Å². The Morgan fingerprint density at radius 2 is 2.04 bits per heavy atom. The van der Waals surface area contributed by atoms with E-state index in [1.165, 1.54) is 12.1 Å². The molecular weight excluding hydrogens is 357 g/mol. The minimum Gasteiger partial charge on any atom is -0.497 e. The van der Waals surface area contributed by atoms with Crippen LogP contribution in [0.15, 0.2) is 54.9 Å². The molecule has 3 aromatic rings. The van der Waals surface area contributed by atoms with E-state index in [-0.39, 0.29) is 18.1 Å². The number of carbonyl (C=O) groups is 1. The molecule has 5 nitrogen and oxygen atoms in total. The van der Waals surface area contributed by atoms with Crippen molar-refractivity contribution >= 4 is 23.2 Å². The maximum absolute atomic E-state index is 13.1. The maximum Gasteiger partial charge on any atom is 0.228 e. The summed E-state index contributed by atoms with van der Waals surface area (Å²) in [5.41, 5.74) is 2.21. The number of amides is 1. The molecule has 2 aromatic carbocycles. The lowest BCUT2D eigenvalue weighted by atomic mass is 10.1. The zero-order chi connectivity index (χ0) is 18.5. The van der Waals surface area contributed by atoms with Crippen molar-refractivity contribution in [2.45, 2.75) is 13.0 Å². The summed E-state index contributed by atoms with van der Waals surface area (Å²) in [6.07, 6.45) is 3.51. The number of hydrogen-bond acceptors (Lipinski definition) is 3. The van der Waals surface area contributed by atoms with Crippen molar-refractivity contribution in [3.8, 4) is 5.75 Å². The predicted octanol–water partition coefficient (Wildman–Crippen LogP) is 3.91. The zero-order valence-electron chi connectivity index (χ0n) is 14.1. The Kier molecular flexibility index (Phi) is 5.53. The molecule has 7 heteroatoms. The predicted molar refractivity (Wildman–Crippen MR) is 98.1 cm³/mol. The van der Waals surface area contributed by atoms with E-state index in [1.54, 1.807) is 30.3 Å². The number of hydrogen-bond donors (Lipinski definition) is 1. The smallest absolute Gasteiger partial charge is 0.228 e. The molecule has 0 aliphatic rings. The molecule has 0 spiro atoms. The highest BCUT2D eigenvalue weighted by Crippen LogP contribution is 2.19. The Balaban J connectivity index is 1.59. The van der Waals surface area contributed by atoms with E-state index in [0.29, 0.717) is 17.3 Å². The van der Waals surface area contributed by atoms with E-state index < -0.39 is 0 Å². The lowest BCUT2D eigenvalue weighted by Gasteiger charge is -2.05. The van der Waals surface area contributed by atoms with Gasteiger partial charge in [0.2, 0.25) is 5.91 Å². The van der Waals surface area contributed by atoms with E-state index in [2.05, 4.69) is 10.4 Å². The van der Waals surface area contributed by atoms with Gasteiger partial charge in [0.25, 0.3) is 0 Å². The average Bonchev–Trinajstić information content (AvgIpc) is 3.05. The van der Waals surface area contributed by atoms with Gasteiger partial charge in [-0.2, -0.15) is 5.10 Å². The van der Waals surface area contributed by atoms with Gasteiger partial charge in [-0.25, -0.2) is 4.39 Å². The Labute approximate surface area is 155 Å². The highest BCUT2D eigenvalue weighted by atomic mass is 35.5. The highest BCUT2D eigenvalue weighted by Gasteiger charge is 2.08. The first-order valence-corrected chi connectivity index (χ1v) is 8.30. The minimum absolute atomic E-state index is 0.144. The fraction of sp³-hybridized carbons (Fsp3) is 0.158. The van der Waals surface area contributed by atoms with Gasteiger partial charge in [0.05, 0.1) is 32.0 Å². The van der Waals surface area contributed by atoms with Crippen molar-refractivity contribution in [1.29, 1.82) is 0 Å². The van der Waals surface area contributed by atoms with Crippen LogP contribution in [0.25, 0.3) is 0 Å². The quantitative estimate of drug-likeness (QED) is 0.712. The van der Waals surface area contributed by atoms with Gasteiger partial charge in [0.1, 0.15) is 11.6 Å². The first kappa shape index (κ1) is 17.9. The molecule has 0 unspecified atom stereocenters. The molecule has 3 rings (SSSR count). The molecule has 1 aromatic heterocycles. The number of methoxy groups -OCH3 is 1. The number of anilines is 1. The Morgan fingerprint density at radius 1 is 1.27 bits per heavy atom. The van der Waals surface area contributed by atoms with Crippen LogP contribution in [0.3, 0.4) is 0 Å². The lowest BCUT2D eigenvalue weighted by Crippen LogP contribution is -2.14. The van der Waals surface area contributed by atoms with Gasteiger partial charge in [-0.15, -0.1) is 0 Å². The summed E-state index contributed by atoms with van der Waals surface area (Å²) in [4.78, 5) is 12.2. The van der Waals surface area contributed by atoms with E-state index in [4.69, 9.17) is 16.3 Å². The molecule has 1 amide bonds. The third kappa shape index (κ3) is 4.61. The van der Waals surface area contributed by atoms with Crippen molar-refractivity contribution in [2.24, 2.45) is 0 Å². The molecule has 0 radical (unpaired) electrons. The van der Waals surface area contributed by atoms with Gasteiger partial charge < -0.3 is 10.1 Å². The minimum atomic E-state index is -0.384. The Bertz CT molecular complexity index is 909. The molecular formula is C19H17ClFN3O2. The zero-order valence-corrected chi connectivity index (χ0v) is 14.8. The molecule has 0 aliphatic heterocycles. The van der Waals surface area contributed by atoms with Crippen LogP contribution in [-0.4, -0.2) is 22.8 Å². The lowest BCUT2D eigenvalue weighted by molar-refractivity contribution is -0.115. The van der Waals surface area contributed by atoms with E-state index >= 15 is 0 Å². The topological polar surface area (TPSA) is 56.1 Å². The number of ether oxygens (including phenoxy) is 1. The molecule has 0 saturated carbocycles. The van der Waals surface area contributed by atoms with Crippen LogP contribution >= 0.6 is 11.6 Å². The molecule has 0 fully saturated rings. The van der Waals surface area contributed by atoms with Gasteiger partial charge in [-0.05, 0) is 35.4 Å². The van der Waals surface area contributed by atoms with Crippen molar-refractivity contribution in [3.05, 3.63) is 76.8 Å². The van der Waals surface area contributed by atoms with Crippen molar-refractivity contribution < 1.29 is 13.9 Å². The van der Waals surface area contributed by atoms with Crippen LogP contribution in [0.4, 0.5) is 10.1 Å². The van der Waals surface area contributed by atoms with E-state index in [0.717, 1.165) is 16.9 Å². The summed E-state index contributed by atoms with van der Waals surface area (Å²) in [7, 11) is 1.60. The summed E-state index contributed by atoms with van der Waals surface area (Å²) in [6.45, 7) is 0.382. The SMILES string of the molecule is COc1ccc(CC(=O)Nc2cnn(Cc3ccc(F)cc3Cl)c2)cc1. The second kappa shape index (κ2) is 8.01. The fourth-order valence-corrected chi connectivity index (χ4v) is 2.70. The van der Waals surface area contributed by atoms with Crippen molar-refractivity contribution in [1.82, 2.24) is 9.78 Å². The molecule has 0 bridgehead atoms. The van der Waals surface area contributed by atoms with Crippen LogP contribution in [0.2, 0.25) is 5.02 Å². The van der Waals surface area contributed by atoms with Crippen molar-refractivity contribution in [2.75, 3.05) is 12.4 Å². The van der Waals surface area contributed by atoms with Crippen LogP contribution in [0, 0.1) is 5.82 Å². The number of carbonyl (C=O) groups excluding carboxylic acids is 1. The second-order valence-corrected chi connectivity index (χ2v) is 6.14. The summed E-state index contributed by atoms with van der Waals surface area (Å²) >= 11 is 6.02. The van der Waals surface area contributed by atoms with Crippen LogP contribution in [0.1, 0.15) is 11.1 Å². The Hall–Kier alpha value is -2.86. The number of benzene rings is 2. The third-order valence-corrected chi connectivity index (χ3v) is 4.14. The molecule has 0 atom stereocenters.